The van der Waals surface area contributed by atoms with Crippen molar-refractivity contribution in [2.24, 2.45) is 0 Å². The Morgan fingerprint density at radius 1 is 1.19 bits per heavy atom. The van der Waals surface area contributed by atoms with Crippen LogP contribution in [-0.4, -0.2) is 22.4 Å². The molecule has 5 heteroatoms. The molecule has 0 saturated heterocycles. The van der Waals surface area contributed by atoms with Crippen LogP contribution in [0.25, 0.3) is 0 Å². The molecule has 1 heterocycles. The highest BCUT2D eigenvalue weighted by atomic mass is 16.1. The van der Waals surface area contributed by atoms with Gasteiger partial charge in [-0.05, 0) is 55.7 Å². The van der Waals surface area contributed by atoms with Crippen LogP contribution in [0.2, 0.25) is 0 Å². The minimum Gasteiger partial charge on any atom is -0.350 e. The molecule has 142 valence electrons. The van der Waals surface area contributed by atoms with Gasteiger partial charge in [0.05, 0.1) is 0 Å². The molecular weight excluding hydrogens is 336 g/mol. The maximum absolute atomic E-state index is 12.4. The van der Waals surface area contributed by atoms with E-state index < -0.39 is 0 Å². The number of hydrogen-bond acceptors (Lipinski definition) is 4. The molecule has 0 atom stereocenters. The van der Waals surface area contributed by atoms with Crippen molar-refractivity contribution in [2.75, 3.05) is 11.9 Å². The third-order valence-corrected chi connectivity index (χ3v) is 4.83. The predicted molar refractivity (Wildman–Crippen MR) is 109 cm³/mol. The van der Waals surface area contributed by atoms with E-state index in [4.69, 9.17) is 0 Å². The molecule has 2 N–H and O–H groups in total. The molecule has 1 aromatic carbocycles. The van der Waals surface area contributed by atoms with Gasteiger partial charge in [-0.1, -0.05) is 43.7 Å². The van der Waals surface area contributed by atoms with Gasteiger partial charge in [0.15, 0.2) is 0 Å². The first kappa shape index (κ1) is 19.1. The average molecular weight is 364 g/mol. The van der Waals surface area contributed by atoms with Gasteiger partial charge in [0.1, 0.15) is 5.69 Å². The number of aromatic nitrogens is 2. The molecule has 0 spiro atoms. The van der Waals surface area contributed by atoms with Gasteiger partial charge in [0.25, 0.3) is 5.91 Å². The molecule has 27 heavy (non-hydrogen) atoms. The number of benzene rings is 1. The SMILES string of the molecule is CC(C)c1ccccc1Nc1nccc(C(=O)NCCC2=CCCCC2)n1. The van der Waals surface area contributed by atoms with E-state index in [-0.39, 0.29) is 5.91 Å². The first-order valence-corrected chi connectivity index (χ1v) is 9.78. The van der Waals surface area contributed by atoms with Crippen molar-refractivity contribution in [2.45, 2.75) is 51.9 Å². The number of rotatable bonds is 7. The molecule has 3 rings (SSSR count). The second-order valence-corrected chi connectivity index (χ2v) is 7.25. The Morgan fingerprint density at radius 3 is 2.81 bits per heavy atom. The third kappa shape index (κ3) is 5.39. The summed E-state index contributed by atoms with van der Waals surface area (Å²) in [7, 11) is 0. The van der Waals surface area contributed by atoms with Crippen LogP contribution in [0, 0.1) is 0 Å². The molecule has 0 radical (unpaired) electrons. The smallest absolute Gasteiger partial charge is 0.270 e. The maximum Gasteiger partial charge on any atom is 0.270 e. The number of nitrogens with zero attached hydrogens (tertiary/aromatic N) is 2. The summed E-state index contributed by atoms with van der Waals surface area (Å²) in [6, 6.07) is 9.74. The number of para-hydroxylation sites is 1. The summed E-state index contributed by atoms with van der Waals surface area (Å²) in [5, 5.41) is 6.21. The Hall–Kier alpha value is -2.69. The van der Waals surface area contributed by atoms with E-state index in [9.17, 15) is 4.79 Å². The lowest BCUT2D eigenvalue weighted by atomic mass is 9.97. The lowest BCUT2D eigenvalue weighted by Crippen LogP contribution is -2.26. The number of amides is 1. The molecule has 0 saturated carbocycles. The molecule has 1 amide bonds. The van der Waals surface area contributed by atoms with Crippen LogP contribution < -0.4 is 10.6 Å². The Balaban J connectivity index is 1.61. The van der Waals surface area contributed by atoms with Crippen molar-refractivity contribution in [3.8, 4) is 0 Å². The van der Waals surface area contributed by atoms with Crippen molar-refractivity contribution in [3.63, 3.8) is 0 Å². The summed E-state index contributed by atoms with van der Waals surface area (Å²) in [5.41, 5.74) is 4.00. The number of anilines is 2. The molecule has 2 aromatic rings. The molecule has 0 unspecified atom stereocenters. The van der Waals surface area contributed by atoms with Crippen molar-refractivity contribution in [1.29, 1.82) is 0 Å². The second-order valence-electron chi connectivity index (χ2n) is 7.25. The van der Waals surface area contributed by atoms with Crippen LogP contribution in [0.5, 0.6) is 0 Å². The molecule has 1 aromatic heterocycles. The number of carbonyl (C=O) groups excluding carboxylic acids is 1. The first-order valence-electron chi connectivity index (χ1n) is 9.78. The van der Waals surface area contributed by atoms with E-state index >= 15 is 0 Å². The maximum atomic E-state index is 12.4. The zero-order chi connectivity index (χ0) is 19.1. The van der Waals surface area contributed by atoms with Gasteiger partial charge < -0.3 is 10.6 Å². The lowest BCUT2D eigenvalue weighted by molar-refractivity contribution is 0.0949. The highest BCUT2D eigenvalue weighted by Crippen LogP contribution is 2.25. The molecule has 5 nitrogen and oxygen atoms in total. The van der Waals surface area contributed by atoms with Crippen LogP contribution in [0.3, 0.4) is 0 Å². The Bertz CT molecular complexity index is 813. The fourth-order valence-corrected chi connectivity index (χ4v) is 3.34. The summed E-state index contributed by atoms with van der Waals surface area (Å²) >= 11 is 0. The predicted octanol–water partition coefficient (Wildman–Crippen LogP) is 4.96. The van der Waals surface area contributed by atoms with E-state index in [2.05, 4.69) is 46.6 Å². The largest absolute Gasteiger partial charge is 0.350 e. The summed E-state index contributed by atoms with van der Waals surface area (Å²) in [5.74, 6) is 0.661. The standard InChI is InChI=1S/C22H28N4O/c1-16(2)18-10-6-7-11-19(18)25-22-24-15-13-20(26-22)21(27)23-14-12-17-8-4-3-5-9-17/h6-8,10-11,13,15-16H,3-5,9,12,14H2,1-2H3,(H,23,27)(H,24,25,26). The molecule has 1 aliphatic carbocycles. The van der Waals surface area contributed by atoms with E-state index in [1.807, 2.05) is 18.2 Å². The minimum absolute atomic E-state index is 0.158. The topological polar surface area (TPSA) is 66.9 Å². The quantitative estimate of drug-likeness (QED) is 0.681. The number of carbonyl (C=O) groups is 1. The van der Waals surface area contributed by atoms with Gasteiger partial charge in [0, 0.05) is 18.4 Å². The van der Waals surface area contributed by atoms with Gasteiger partial charge in [-0.2, -0.15) is 0 Å². The highest BCUT2D eigenvalue weighted by Gasteiger charge is 2.11. The van der Waals surface area contributed by atoms with Crippen molar-refractivity contribution < 1.29 is 4.79 Å². The van der Waals surface area contributed by atoms with Gasteiger partial charge >= 0.3 is 0 Å². The monoisotopic (exact) mass is 364 g/mol. The molecule has 1 aliphatic rings. The van der Waals surface area contributed by atoms with Gasteiger partial charge in [-0.3, -0.25) is 4.79 Å². The zero-order valence-electron chi connectivity index (χ0n) is 16.2. The highest BCUT2D eigenvalue weighted by molar-refractivity contribution is 5.92. The van der Waals surface area contributed by atoms with Crippen LogP contribution in [-0.2, 0) is 0 Å². The fourth-order valence-electron chi connectivity index (χ4n) is 3.34. The third-order valence-electron chi connectivity index (χ3n) is 4.83. The Kier molecular flexibility index (Phi) is 6.58. The van der Waals surface area contributed by atoms with Crippen molar-refractivity contribution in [3.05, 3.63) is 59.4 Å². The van der Waals surface area contributed by atoms with E-state index in [1.165, 1.54) is 30.4 Å². The van der Waals surface area contributed by atoms with Crippen molar-refractivity contribution >= 4 is 17.5 Å². The summed E-state index contributed by atoms with van der Waals surface area (Å²) < 4.78 is 0. The lowest BCUT2D eigenvalue weighted by Gasteiger charge is -2.14. The van der Waals surface area contributed by atoms with Crippen molar-refractivity contribution in [1.82, 2.24) is 15.3 Å². The molecule has 0 aliphatic heterocycles. The Morgan fingerprint density at radius 2 is 2.04 bits per heavy atom. The minimum atomic E-state index is -0.158. The summed E-state index contributed by atoms with van der Waals surface area (Å²) in [6.07, 6.45) is 9.73. The molecule has 0 fully saturated rings. The van der Waals surface area contributed by atoms with Crippen LogP contribution in [0.4, 0.5) is 11.6 Å². The van der Waals surface area contributed by atoms with Gasteiger partial charge in [0.2, 0.25) is 5.95 Å². The Labute approximate surface area is 161 Å². The second kappa shape index (κ2) is 9.31. The summed E-state index contributed by atoms with van der Waals surface area (Å²) in [6.45, 7) is 4.94. The first-order chi connectivity index (χ1) is 13.1. The van der Waals surface area contributed by atoms with Crippen LogP contribution >= 0.6 is 0 Å². The van der Waals surface area contributed by atoms with Gasteiger partial charge in [-0.15, -0.1) is 0 Å². The number of nitrogens with one attached hydrogen (secondary N) is 2. The zero-order valence-corrected chi connectivity index (χ0v) is 16.2. The number of allylic oxidation sites excluding steroid dienone is 1. The average Bonchev–Trinajstić information content (AvgIpc) is 2.69. The summed E-state index contributed by atoms with van der Waals surface area (Å²) in [4.78, 5) is 21.1. The van der Waals surface area contributed by atoms with E-state index in [0.29, 0.717) is 24.1 Å². The fraction of sp³-hybridized carbons (Fsp3) is 0.409. The molecule has 0 bridgehead atoms. The number of hydrogen-bond donors (Lipinski definition) is 2. The van der Waals surface area contributed by atoms with E-state index in [0.717, 1.165) is 18.5 Å². The van der Waals surface area contributed by atoms with E-state index in [1.54, 1.807) is 12.3 Å². The van der Waals surface area contributed by atoms with Gasteiger partial charge in [-0.25, -0.2) is 9.97 Å². The van der Waals surface area contributed by atoms with Crippen LogP contribution in [0.1, 0.15) is 67.9 Å². The molecular formula is C22H28N4O. The van der Waals surface area contributed by atoms with Crippen LogP contribution in [0.15, 0.2) is 48.2 Å². The normalized spacial score (nSPS) is 14.0.